The molecule has 0 aliphatic carbocycles. The van der Waals surface area contributed by atoms with Crippen molar-refractivity contribution in [3.05, 3.63) is 47.5 Å². The number of benzene rings is 1. The summed E-state index contributed by atoms with van der Waals surface area (Å²) in [5.74, 6) is -2.79. The minimum Gasteiger partial charge on any atom is -0.380 e. The predicted molar refractivity (Wildman–Crippen MR) is 61.7 cm³/mol. The molecule has 3 nitrogen and oxygen atoms in total. The Morgan fingerprint density at radius 2 is 1.89 bits per heavy atom. The first-order chi connectivity index (χ1) is 8.58. The Bertz CT molecular complexity index is 528. The van der Waals surface area contributed by atoms with E-state index in [1.807, 2.05) is 6.07 Å². The summed E-state index contributed by atoms with van der Waals surface area (Å²) in [5, 5.41) is 6.60. The van der Waals surface area contributed by atoms with Crippen molar-refractivity contribution in [1.29, 1.82) is 0 Å². The number of anilines is 1. The first-order valence-corrected chi connectivity index (χ1v) is 5.43. The van der Waals surface area contributed by atoms with Crippen LogP contribution in [-0.4, -0.2) is 16.3 Å². The van der Waals surface area contributed by atoms with Crippen molar-refractivity contribution in [3.8, 4) is 0 Å². The molecule has 1 N–H and O–H groups in total. The zero-order chi connectivity index (χ0) is 13.1. The minimum absolute atomic E-state index is 0.307. The smallest absolute Gasteiger partial charge is 0.152 e. The zero-order valence-electron chi connectivity index (χ0n) is 9.75. The van der Waals surface area contributed by atoms with Crippen molar-refractivity contribution in [2.24, 2.45) is 7.05 Å². The maximum Gasteiger partial charge on any atom is 0.152 e. The quantitative estimate of drug-likeness (QED) is 0.909. The molecule has 0 aliphatic heterocycles. The van der Waals surface area contributed by atoms with Gasteiger partial charge in [-0.15, -0.1) is 0 Å². The highest BCUT2D eigenvalue weighted by Gasteiger charge is 2.10. The molecule has 0 radical (unpaired) electrons. The molecule has 0 atom stereocenters. The maximum atomic E-state index is 13.3. The Balaban J connectivity index is 2.01. The molecule has 0 amide bonds. The number of halogens is 3. The molecule has 1 aromatic heterocycles. The average molecular weight is 255 g/mol. The van der Waals surface area contributed by atoms with E-state index in [1.54, 1.807) is 17.9 Å². The van der Waals surface area contributed by atoms with Gasteiger partial charge in [-0.25, -0.2) is 13.2 Å². The van der Waals surface area contributed by atoms with E-state index in [-0.39, 0.29) is 5.69 Å². The minimum atomic E-state index is -0.933. The fourth-order valence-corrected chi connectivity index (χ4v) is 1.67. The molecule has 0 aliphatic rings. The van der Waals surface area contributed by atoms with Gasteiger partial charge in [0.2, 0.25) is 0 Å². The highest BCUT2D eigenvalue weighted by atomic mass is 19.1. The highest BCUT2D eigenvalue weighted by Crippen LogP contribution is 2.19. The van der Waals surface area contributed by atoms with Crippen LogP contribution in [0.5, 0.6) is 0 Å². The van der Waals surface area contributed by atoms with E-state index < -0.39 is 17.5 Å². The van der Waals surface area contributed by atoms with Crippen LogP contribution in [0.15, 0.2) is 24.4 Å². The summed E-state index contributed by atoms with van der Waals surface area (Å²) >= 11 is 0. The summed E-state index contributed by atoms with van der Waals surface area (Å²) in [5.41, 5.74) is 0.629. The van der Waals surface area contributed by atoms with Gasteiger partial charge in [0.25, 0.3) is 0 Å². The molecule has 6 heteroatoms. The van der Waals surface area contributed by atoms with E-state index in [0.29, 0.717) is 25.1 Å². The van der Waals surface area contributed by atoms with Crippen LogP contribution in [0.3, 0.4) is 0 Å². The Hall–Kier alpha value is -1.98. The number of rotatable bonds is 4. The lowest BCUT2D eigenvalue weighted by molar-refractivity contribution is 0.547. The second-order valence-corrected chi connectivity index (χ2v) is 3.87. The van der Waals surface area contributed by atoms with Crippen molar-refractivity contribution >= 4 is 5.69 Å². The molecule has 2 aromatic rings. The van der Waals surface area contributed by atoms with Crippen molar-refractivity contribution in [3.63, 3.8) is 0 Å². The van der Waals surface area contributed by atoms with Crippen LogP contribution in [0.1, 0.15) is 5.69 Å². The van der Waals surface area contributed by atoms with Gasteiger partial charge in [-0.05, 0) is 6.07 Å². The third kappa shape index (κ3) is 2.64. The molecule has 0 unspecified atom stereocenters. The molecule has 2 rings (SSSR count). The van der Waals surface area contributed by atoms with Crippen molar-refractivity contribution < 1.29 is 13.2 Å². The molecule has 18 heavy (non-hydrogen) atoms. The van der Waals surface area contributed by atoms with Crippen LogP contribution < -0.4 is 5.32 Å². The largest absolute Gasteiger partial charge is 0.380 e. The molecule has 0 saturated carbocycles. The fourth-order valence-electron chi connectivity index (χ4n) is 1.67. The van der Waals surface area contributed by atoms with Crippen molar-refractivity contribution in [2.45, 2.75) is 6.42 Å². The van der Waals surface area contributed by atoms with Crippen LogP contribution >= 0.6 is 0 Å². The molecular weight excluding hydrogens is 243 g/mol. The van der Waals surface area contributed by atoms with Crippen molar-refractivity contribution in [1.82, 2.24) is 9.78 Å². The van der Waals surface area contributed by atoms with Gasteiger partial charge >= 0.3 is 0 Å². The summed E-state index contributed by atoms with van der Waals surface area (Å²) in [7, 11) is 1.79. The number of hydrogen-bond acceptors (Lipinski definition) is 2. The molecular formula is C12H12F3N3. The average Bonchev–Trinajstić information content (AvgIpc) is 2.68. The van der Waals surface area contributed by atoms with E-state index >= 15 is 0 Å². The molecule has 0 saturated heterocycles. The van der Waals surface area contributed by atoms with Gasteiger partial charge in [-0.3, -0.25) is 4.68 Å². The molecule has 1 aromatic carbocycles. The predicted octanol–water partition coefficient (Wildman–Crippen LogP) is 2.49. The Morgan fingerprint density at radius 1 is 1.22 bits per heavy atom. The van der Waals surface area contributed by atoms with Crippen molar-refractivity contribution in [2.75, 3.05) is 11.9 Å². The summed E-state index contributed by atoms with van der Waals surface area (Å²) in [6.07, 6.45) is 2.21. The van der Waals surface area contributed by atoms with Gasteiger partial charge in [0.15, 0.2) is 11.6 Å². The third-order valence-corrected chi connectivity index (χ3v) is 2.61. The SMILES string of the molecule is Cn1nccc1CCNc1c(F)cc(F)cc1F. The van der Waals surface area contributed by atoms with E-state index in [0.717, 1.165) is 5.69 Å². The topological polar surface area (TPSA) is 29.9 Å². The first-order valence-electron chi connectivity index (χ1n) is 5.43. The standard InChI is InChI=1S/C12H12F3N3/c1-18-9(3-5-17-18)2-4-16-12-10(14)6-8(13)7-11(12)15/h3,5-7,16H,2,4H2,1H3. The van der Waals surface area contributed by atoms with Gasteiger partial charge in [0.1, 0.15) is 11.5 Å². The zero-order valence-corrected chi connectivity index (χ0v) is 9.75. The van der Waals surface area contributed by atoms with Crippen LogP contribution in [0.2, 0.25) is 0 Å². The van der Waals surface area contributed by atoms with Gasteiger partial charge < -0.3 is 5.32 Å². The van der Waals surface area contributed by atoms with Crippen LogP contribution in [0, 0.1) is 17.5 Å². The Morgan fingerprint density at radius 3 is 2.44 bits per heavy atom. The molecule has 0 fully saturated rings. The first kappa shape index (κ1) is 12.5. The Labute approximate surface area is 102 Å². The second-order valence-electron chi connectivity index (χ2n) is 3.87. The molecule has 96 valence electrons. The second kappa shape index (κ2) is 5.12. The van der Waals surface area contributed by atoms with E-state index in [2.05, 4.69) is 10.4 Å². The number of nitrogens with one attached hydrogen (secondary N) is 1. The van der Waals surface area contributed by atoms with Crippen LogP contribution in [0.25, 0.3) is 0 Å². The van der Waals surface area contributed by atoms with Crippen LogP contribution in [0.4, 0.5) is 18.9 Å². The van der Waals surface area contributed by atoms with Gasteiger partial charge in [0.05, 0.1) is 0 Å². The lowest BCUT2D eigenvalue weighted by Crippen LogP contribution is -2.10. The Kier molecular flexibility index (Phi) is 3.55. The lowest BCUT2D eigenvalue weighted by Gasteiger charge is -2.09. The molecule has 1 heterocycles. The normalized spacial score (nSPS) is 10.7. The number of hydrogen-bond donors (Lipinski definition) is 1. The summed E-state index contributed by atoms with van der Waals surface area (Å²) in [4.78, 5) is 0. The number of aromatic nitrogens is 2. The van der Waals surface area contributed by atoms with Crippen LogP contribution in [-0.2, 0) is 13.5 Å². The molecule has 0 bridgehead atoms. The van der Waals surface area contributed by atoms with E-state index in [9.17, 15) is 13.2 Å². The van der Waals surface area contributed by atoms with E-state index in [1.165, 1.54) is 0 Å². The molecule has 0 spiro atoms. The van der Waals surface area contributed by atoms with Gasteiger partial charge in [-0.2, -0.15) is 5.10 Å². The highest BCUT2D eigenvalue weighted by molar-refractivity contribution is 5.46. The number of aryl methyl sites for hydroxylation is 1. The fraction of sp³-hybridized carbons (Fsp3) is 0.250. The van der Waals surface area contributed by atoms with Gasteiger partial charge in [-0.1, -0.05) is 0 Å². The monoisotopic (exact) mass is 255 g/mol. The van der Waals surface area contributed by atoms with Gasteiger partial charge in [0, 0.05) is 44.0 Å². The summed E-state index contributed by atoms with van der Waals surface area (Å²) in [6.45, 7) is 0.332. The maximum absolute atomic E-state index is 13.3. The lowest BCUT2D eigenvalue weighted by atomic mass is 10.2. The third-order valence-electron chi connectivity index (χ3n) is 2.61. The van der Waals surface area contributed by atoms with E-state index in [4.69, 9.17) is 0 Å². The number of nitrogens with zero attached hydrogens (tertiary/aromatic N) is 2. The summed E-state index contributed by atoms with van der Waals surface area (Å²) in [6, 6.07) is 3.12. The summed E-state index contributed by atoms with van der Waals surface area (Å²) < 4.78 is 41.0.